The summed E-state index contributed by atoms with van der Waals surface area (Å²) in [5.41, 5.74) is 5.74. The van der Waals surface area contributed by atoms with Crippen molar-refractivity contribution in [3.63, 3.8) is 0 Å². The summed E-state index contributed by atoms with van der Waals surface area (Å²) < 4.78 is 23.8. The fourth-order valence-electron chi connectivity index (χ4n) is 8.36. The van der Waals surface area contributed by atoms with Gasteiger partial charge in [-0.15, -0.1) is 0 Å². The SMILES string of the molecule is COc1cc2c(cc1OCCCCCOc1cc3c(cc1OC)C(=O)N1c4ccccc4C[C@H]1CN3C(=O)CCC(=O)C(C)C)N=C[C@@H]1Cc3ccccc3N1C2=O. The van der Waals surface area contributed by atoms with Gasteiger partial charge in [-0.3, -0.25) is 29.1 Å². The monoisotopic (exact) mass is 784 g/mol. The smallest absolute Gasteiger partial charge is 0.261 e. The van der Waals surface area contributed by atoms with Crippen LogP contribution in [-0.4, -0.2) is 75.8 Å². The number of unbranched alkanes of at least 4 members (excludes halogenated alkanes) is 2. The molecule has 12 nitrogen and oxygen atoms in total. The van der Waals surface area contributed by atoms with E-state index in [2.05, 4.69) is 0 Å². The number of fused-ring (bicyclic) bond motifs is 8. The maximum Gasteiger partial charge on any atom is 0.261 e. The van der Waals surface area contributed by atoms with E-state index < -0.39 is 0 Å². The number of aliphatic imine (C=N–C) groups is 1. The number of benzene rings is 4. The molecule has 12 heteroatoms. The first kappa shape index (κ1) is 38.7. The van der Waals surface area contributed by atoms with Crippen molar-refractivity contribution in [2.24, 2.45) is 10.9 Å². The molecule has 0 saturated heterocycles. The van der Waals surface area contributed by atoms with E-state index in [1.54, 1.807) is 41.2 Å². The minimum atomic E-state index is -0.253. The zero-order chi connectivity index (χ0) is 40.5. The van der Waals surface area contributed by atoms with E-state index in [9.17, 15) is 19.2 Å². The Morgan fingerprint density at radius 2 is 1.31 bits per heavy atom. The number of hydrogen-bond acceptors (Lipinski definition) is 9. The summed E-state index contributed by atoms with van der Waals surface area (Å²) in [7, 11) is 3.09. The lowest BCUT2D eigenvalue weighted by atomic mass is 10.0. The van der Waals surface area contributed by atoms with E-state index in [0.29, 0.717) is 78.1 Å². The van der Waals surface area contributed by atoms with Crippen LogP contribution < -0.4 is 33.6 Å². The Balaban J connectivity index is 0.921. The van der Waals surface area contributed by atoms with Gasteiger partial charge in [0, 0.05) is 61.4 Å². The predicted molar refractivity (Wildman–Crippen MR) is 222 cm³/mol. The fraction of sp³-hybridized carbons (Fsp3) is 0.370. The van der Waals surface area contributed by atoms with Crippen LogP contribution in [0.3, 0.4) is 0 Å². The third-order valence-electron chi connectivity index (χ3n) is 11.4. The molecule has 0 aromatic heterocycles. The molecule has 0 bridgehead atoms. The Kier molecular flexibility index (Phi) is 10.9. The molecule has 0 spiro atoms. The van der Waals surface area contributed by atoms with Gasteiger partial charge in [-0.25, -0.2) is 0 Å². The molecule has 8 rings (SSSR count). The molecular weight excluding hydrogens is 737 g/mol. The second kappa shape index (κ2) is 16.4. The molecule has 4 aliphatic heterocycles. The Hall–Kier alpha value is -6.17. The maximum atomic E-state index is 14.3. The summed E-state index contributed by atoms with van der Waals surface area (Å²) in [5.74, 6) is 1.12. The van der Waals surface area contributed by atoms with E-state index in [-0.39, 0.29) is 54.3 Å². The number of Topliss-reactive ketones (excluding diaryl/α,β-unsaturated/α-hetero) is 1. The molecule has 0 fully saturated rings. The second-order valence-corrected chi connectivity index (χ2v) is 15.4. The van der Waals surface area contributed by atoms with Crippen molar-refractivity contribution in [2.45, 2.75) is 70.9 Å². The minimum Gasteiger partial charge on any atom is -0.493 e. The summed E-state index contributed by atoms with van der Waals surface area (Å²) in [4.78, 5) is 64.4. The highest BCUT2D eigenvalue weighted by molar-refractivity contribution is 6.16. The van der Waals surface area contributed by atoms with E-state index >= 15 is 0 Å². The lowest BCUT2D eigenvalue weighted by Gasteiger charge is -2.27. The number of methoxy groups -OCH3 is 2. The number of nitrogens with zero attached hydrogens (tertiary/aromatic N) is 4. The molecule has 0 unspecified atom stereocenters. The highest BCUT2D eigenvalue weighted by atomic mass is 16.5. The van der Waals surface area contributed by atoms with Crippen molar-refractivity contribution in [1.82, 2.24) is 0 Å². The first-order valence-electron chi connectivity index (χ1n) is 20.1. The molecule has 300 valence electrons. The van der Waals surface area contributed by atoms with Gasteiger partial charge in [0.25, 0.3) is 11.8 Å². The first-order valence-corrected chi connectivity index (χ1v) is 20.1. The van der Waals surface area contributed by atoms with Crippen molar-refractivity contribution >= 4 is 52.5 Å². The van der Waals surface area contributed by atoms with E-state index in [4.69, 9.17) is 23.9 Å². The standard InChI is InChI=1S/C46H48N4O8/c1-28(2)39(51)16-17-44(52)48-27-32-21-30-13-7-9-15-37(30)50(32)46(54)34-23-41(56-4)43(25-38(34)48)58-19-11-5-10-18-57-42-24-35-33(22-40(42)55-3)45(53)49-31(26-47-35)20-29-12-6-8-14-36(29)49/h6-9,12-15,22-26,28,31-32H,5,10-11,16-21,27H2,1-4H3/t31-,32-/m0/s1. The third kappa shape index (κ3) is 7.27. The van der Waals surface area contributed by atoms with Crippen LogP contribution in [-0.2, 0) is 22.4 Å². The predicted octanol–water partition coefficient (Wildman–Crippen LogP) is 7.54. The van der Waals surface area contributed by atoms with E-state index in [1.165, 1.54) is 7.11 Å². The normalized spacial score (nSPS) is 17.4. The highest BCUT2D eigenvalue weighted by Crippen LogP contribution is 2.44. The van der Waals surface area contributed by atoms with Crippen LogP contribution in [0.2, 0.25) is 0 Å². The van der Waals surface area contributed by atoms with E-state index in [0.717, 1.165) is 41.8 Å². The number of anilines is 3. The van der Waals surface area contributed by atoms with Gasteiger partial charge in [-0.2, -0.15) is 0 Å². The molecule has 3 amide bonds. The molecule has 0 saturated carbocycles. The molecule has 4 aliphatic rings. The summed E-state index contributed by atoms with van der Waals surface area (Å²) >= 11 is 0. The Morgan fingerprint density at radius 3 is 1.98 bits per heavy atom. The quantitative estimate of drug-likeness (QED) is 0.120. The van der Waals surface area contributed by atoms with Crippen LogP contribution in [0.4, 0.5) is 22.7 Å². The van der Waals surface area contributed by atoms with E-state index in [1.807, 2.05) is 73.5 Å². The molecule has 2 atom stereocenters. The molecule has 0 aliphatic carbocycles. The van der Waals surface area contributed by atoms with Crippen LogP contribution in [0, 0.1) is 5.92 Å². The summed E-state index contributed by atoms with van der Waals surface area (Å²) in [5, 5.41) is 0. The average Bonchev–Trinajstić information content (AvgIpc) is 3.73. The largest absolute Gasteiger partial charge is 0.493 e. The lowest BCUT2D eigenvalue weighted by molar-refractivity contribution is -0.125. The van der Waals surface area contributed by atoms with Gasteiger partial charge in [0.2, 0.25) is 5.91 Å². The van der Waals surface area contributed by atoms with Gasteiger partial charge in [0.15, 0.2) is 23.0 Å². The number of amides is 3. The molecule has 4 aromatic carbocycles. The fourth-order valence-corrected chi connectivity index (χ4v) is 8.36. The van der Waals surface area contributed by atoms with Gasteiger partial charge in [-0.05, 0) is 61.1 Å². The number of ether oxygens (including phenoxy) is 4. The Morgan fingerprint density at radius 1 is 0.707 bits per heavy atom. The van der Waals surface area contributed by atoms with Gasteiger partial charge < -0.3 is 28.7 Å². The van der Waals surface area contributed by atoms with Crippen LogP contribution in [0.25, 0.3) is 0 Å². The van der Waals surface area contributed by atoms with Gasteiger partial charge in [0.1, 0.15) is 5.78 Å². The number of carbonyl (C=O) groups excluding carboxylic acids is 4. The molecule has 0 radical (unpaired) electrons. The van der Waals surface area contributed by atoms with Crippen molar-refractivity contribution in [3.8, 4) is 23.0 Å². The van der Waals surface area contributed by atoms with Crippen molar-refractivity contribution in [2.75, 3.05) is 48.7 Å². The summed E-state index contributed by atoms with van der Waals surface area (Å²) in [6.07, 6.45) is 5.58. The zero-order valence-electron chi connectivity index (χ0n) is 33.4. The van der Waals surface area contributed by atoms with Crippen LogP contribution in [0.1, 0.15) is 77.8 Å². The number of ketones is 1. The molecule has 0 N–H and O–H groups in total. The van der Waals surface area contributed by atoms with Crippen LogP contribution >= 0.6 is 0 Å². The van der Waals surface area contributed by atoms with Crippen LogP contribution in [0.5, 0.6) is 23.0 Å². The number of carbonyl (C=O) groups is 4. The number of hydrogen-bond donors (Lipinski definition) is 0. The minimum absolute atomic E-state index is 0.0217. The second-order valence-electron chi connectivity index (χ2n) is 15.4. The van der Waals surface area contributed by atoms with Crippen LogP contribution in [0.15, 0.2) is 77.8 Å². The first-order chi connectivity index (χ1) is 28.2. The summed E-state index contributed by atoms with van der Waals surface area (Å²) in [6, 6.07) is 22.2. The molecule has 4 aromatic rings. The Labute approximate surface area is 338 Å². The van der Waals surface area contributed by atoms with Crippen molar-refractivity contribution in [3.05, 3.63) is 95.1 Å². The topological polar surface area (TPSA) is 127 Å². The number of rotatable bonds is 14. The molecule has 58 heavy (non-hydrogen) atoms. The van der Waals surface area contributed by atoms with Gasteiger partial charge in [0.05, 0.1) is 62.0 Å². The zero-order valence-corrected chi connectivity index (χ0v) is 33.4. The number of para-hydroxylation sites is 2. The lowest BCUT2D eigenvalue weighted by Crippen LogP contribution is -2.44. The molecule has 4 heterocycles. The van der Waals surface area contributed by atoms with Crippen molar-refractivity contribution < 1.29 is 38.1 Å². The van der Waals surface area contributed by atoms with Crippen molar-refractivity contribution in [1.29, 1.82) is 0 Å². The van der Waals surface area contributed by atoms with Gasteiger partial charge >= 0.3 is 0 Å². The molecular formula is C46H48N4O8. The highest BCUT2D eigenvalue weighted by Gasteiger charge is 2.42. The maximum absolute atomic E-state index is 14.3. The third-order valence-corrected chi connectivity index (χ3v) is 11.4. The van der Waals surface area contributed by atoms with Gasteiger partial charge in [-0.1, -0.05) is 50.2 Å². The average molecular weight is 785 g/mol. The Bertz CT molecular complexity index is 2300. The summed E-state index contributed by atoms with van der Waals surface area (Å²) in [6.45, 7) is 4.73.